The molecule has 23 heavy (non-hydrogen) atoms. The second kappa shape index (κ2) is 8.91. The molecule has 6 heteroatoms. The highest BCUT2D eigenvalue weighted by Crippen LogP contribution is 2.14. The number of halogens is 1. The highest BCUT2D eigenvalue weighted by atomic mass is 35.5. The van der Waals surface area contributed by atoms with E-state index in [4.69, 9.17) is 23.8 Å². The van der Waals surface area contributed by atoms with Crippen LogP contribution in [0.4, 0.5) is 0 Å². The summed E-state index contributed by atoms with van der Waals surface area (Å²) in [6.07, 6.45) is 2.31. The van der Waals surface area contributed by atoms with Crippen molar-refractivity contribution in [3.63, 3.8) is 0 Å². The van der Waals surface area contributed by atoms with Crippen LogP contribution in [0, 0.1) is 0 Å². The molecule has 0 spiro atoms. The van der Waals surface area contributed by atoms with E-state index in [-0.39, 0.29) is 12.3 Å². The standard InChI is InChI=1S/C17H17ClN2OS2/c1-23-15-8-4-13(5-9-15)11-19-17(22)20-16(21)10-12-2-6-14(18)7-3-12/h2-9H,10-11H2,1H3,(H2,19,20,21,22). The summed E-state index contributed by atoms with van der Waals surface area (Å²) in [5.41, 5.74) is 2.00. The Bertz CT molecular complexity index is 672. The number of rotatable bonds is 5. The van der Waals surface area contributed by atoms with Crippen molar-refractivity contribution >= 4 is 46.6 Å². The smallest absolute Gasteiger partial charge is 0.230 e. The number of hydrogen-bond acceptors (Lipinski definition) is 3. The Morgan fingerprint density at radius 2 is 1.70 bits per heavy atom. The van der Waals surface area contributed by atoms with Gasteiger partial charge >= 0.3 is 0 Å². The lowest BCUT2D eigenvalue weighted by molar-refractivity contribution is -0.119. The summed E-state index contributed by atoms with van der Waals surface area (Å²) in [7, 11) is 0. The molecule has 0 aliphatic rings. The molecular formula is C17H17ClN2OS2. The van der Waals surface area contributed by atoms with Crippen LogP contribution in [-0.2, 0) is 17.8 Å². The fourth-order valence-electron chi connectivity index (χ4n) is 1.93. The molecule has 120 valence electrons. The molecule has 1 amide bonds. The van der Waals surface area contributed by atoms with Gasteiger partial charge in [0, 0.05) is 16.5 Å². The van der Waals surface area contributed by atoms with Crippen LogP contribution in [0.5, 0.6) is 0 Å². The van der Waals surface area contributed by atoms with Gasteiger partial charge in [-0.2, -0.15) is 0 Å². The van der Waals surface area contributed by atoms with Gasteiger partial charge in [0.1, 0.15) is 0 Å². The van der Waals surface area contributed by atoms with Crippen molar-refractivity contribution in [3.8, 4) is 0 Å². The summed E-state index contributed by atoms with van der Waals surface area (Å²) in [6, 6.07) is 15.4. The van der Waals surface area contributed by atoms with Gasteiger partial charge in [-0.05, 0) is 53.9 Å². The van der Waals surface area contributed by atoms with E-state index in [2.05, 4.69) is 22.8 Å². The first-order valence-corrected chi connectivity index (χ1v) is 9.03. The molecule has 0 saturated carbocycles. The summed E-state index contributed by atoms with van der Waals surface area (Å²) in [4.78, 5) is 13.1. The van der Waals surface area contributed by atoms with Crippen LogP contribution in [0.3, 0.4) is 0 Å². The van der Waals surface area contributed by atoms with E-state index in [0.29, 0.717) is 16.7 Å². The second-order valence-electron chi connectivity index (χ2n) is 4.88. The van der Waals surface area contributed by atoms with Crippen molar-refractivity contribution in [3.05, 3.63) is 64.7 Å². The van der Waals surface area contributed by atoms with Crippen LogP contribution >= 0.6 is 35.6 Å². The lowest BCUT2D eigenvalue weighted by Gasteiger charge is -2.10. The van der Waals surface area contributed by atoms with E-state index in [1.165, 1.54) is 4.90 Å². The first-order valence-electron chi connectivity index (χ1n) is 7.02. The number of carbonyl (C=O) groups excluding carboxylic acids is 1. The van der Waals surface area contributed by atoms with Crippen LogP contribution in [0.2, 0.25) is 5.02 Å². The lowest BCUT2D eigenvalue weighted by Crippen LogP contribution is -2.39. The third-order valence-corrected chi connectivity index (χ3v) is 4.38. The molecule has 0 radical (unpaired) electrons. The minimum absolute atomic E-state index is 0.150. The summed E-state index contributed by atoms with van der Waals surface area (Å²) >= 11 is 12.7. The van der Waals surface area contributed by atoms with E-state index >= 15 is 0 Å². The zero-order chi connectivity index (χ0) is 16.7. The Morgan fingerprint density at radius 1 is 1.09 bits per heavy atom. The molecule has 0 saturated heterocycles. The predicted molar refractivity (Wildman–Crippen MR) is 101 cm³/mol. The molecule has 2 aromatic carbocycles. The van der Waals surface area contributed by atoms with E-state index in [1.54, 1.807) is 23.9 Å². The molecule has 0 bridgehead atoms. The van der Waals surface area contributed by atoms with Gasteiger partial charge in [-0.25, -0.2) is 0 Å². The van der Waals surface area contributed by atoms with Gasteiger partial charge in [-0.3, -0.25) is 4.79 Å². The highest BCUT2D eigenvalue weighted by Gasteiger charge is 2.06. The SMILES string of the molecule is CSc1ccc(CNC(=S)NC(=O)Cc2ccc(Cl)cc2)cc1. The normalized spacial score (nSPS) is 10.2. The van der Waals surface area contributed by atoms with Crippen LogP contribution in [0.1, 0.15) is 11.1 Å². The van der Waals surface area contributed by atoms with E-state index in [0.717, 1.165) is 11.1 Å². The monoisotopic (exact) mass is 364 g/mol. The zero-order valence-corrected chi connectivity index (χ0v) is 15.0. The second-order valence-corrected chi connectivity index (χ2v) is 6.61. The van der Waals surface area contributed by atoms with Gasteiger partial charge in [0.25, 0.3) is 0 Å². The maximum absolute atomic E-state index is 11.9. The van der Waals surface area contributed by atoms with Gasteiger partial charge in [0.2, 0.25) is 5.91 Å². The van der Waals surface area contributed by atoms with Crippen molar-refractivity contribution in [2.45, 2.75) is 17.9 Å². The van der Waals surface area contributed by atoms with Crippen molar-refractivity contribution in [1.29, 1.82) is 0 Å². The van der Waals surface area contributed by atoms with Gasteiger partial charge in [-0.1, -0.05) is 35.9 Å². The quantitative estimate of drug-likeness (QED) is 0.625. The number of benzene rings is 2. The lowest BCUT2D eigenvalue weighted by atomic mass is 10.1. The van der Waals surface area contributed by atoms with Crippen molar-refractivity contribution in [2.24, 2.45) is 0 Å². The molecular weight excluding hydrogens is 348 g/mol. The molecule has 0 aromatic heterocycles. The summed E-state index contributed by atoms with van der Waals surface area (Å²) in [5.74, 6) is -0.150. The highest BCUT2D eigenvalue weighted by molar-refractivity contribution is 7.98. The molecule has 3 nitrogen and oxygen atoms in total. The minimum atomic E-state index is -0.150. The molecule has 0 atom stereocenters. The summed E-state index contributed by atoms with van der Waals surface area (Å²) < 4.78 is 0. The molecule has 0 unspecified atom stereocenters. The molecule has 0 aliphatic carbocycles. The maximum atomic E-state index is 11.9. The summed E-state index contributed by atoms with van der Waals surface area (Å²) in [5, 5.41) is 6.70. The van der Waals surface area contributed by atoms with Crippen LogP contribution in [0.15, 0.2) is 53.4 Å². The molecule has 2 N–H and O–H groups in total. The van der Waals surface area contributed by atoms with Crippen molar-refractivity contribution in [2.75, 3.05) is 6.26 Å². The molecule has 0 fully saturated rings. The van der Waals surface area contributed by atoms with E-state index in [1.807, 2.05) is 30.5 Å². The average Bonchev–Trinajstić information content (AvgIpc) is 2.55. The Morgan fingerprint density at radius 3 is 2.30 bits per heavy atom. The Labute approximate surface area is 150 Å². The number of hydrogen-bond donors (Lipinski definition) is 2. The number of nitrogens with one attached hydrogen (secondary N) is 2. The number of thioether (sulfide) groups is 1. The zero-order valence-electron chi connectivity index (χ0n) is 12.6. The van der Waals surface area contributed by atoms with Crippen LogP contribution in [0.25, 0.3) is 0 Å². The Hall–Kier alpha value is -1.56. The average molecular weight is 365 g/mol. The number of carbonyl (C=O) groups is 1. The molecule has 0 aliphatic heterocycles. The van der Waals surface area contributed by atoms with Crippen molar-refractivity contribution < 1.29 is 4.79 Å². The van der Waals surface area contributed by atoms with Crippen molar-refractivity contribution in [1.82, 2.24) is 10.6 Å². The minimum Gasteiger partial charge on any atom is -0.358 e. The predicted octanol–water partition coefficient (Wildman–Crippen LogP) is 3.80. The topological polar surface area (TPSA) is 41.1 Å². The fourth-order valence-corrected chi connectivity index (χ4v) is 2.65. The van der Waals surface area contributed by atoms with E-state index < -0.39 is 0 Å². The fraction of sp³-hybridized carbons (Fsp3) is 0.176. The number of amides is 1. The molecule has 0 heterocycles. The Balaban J connectivity index is 1.77. The molecule has 2 rings (SSSR count). The van der Waals surface area contributed by atoms with Crippen LogP contribution in [-0.4, -0.2) is 17.3 Å². The van der Waals surface area contributed by atoms with Gasteiger partial charge in [0.15, 0.2) is 5.11 Å². The van der Waals surface area contributed by atoms with Gasteiger partial charge < -0.3 is 10.6 Å². The maximum Gasteiger partial charge on any atom is 0.230 e. The largest absolute Gasteiger partial charge is 0.358 e. The first-order chi connectivity index (χ1) is 11.1. The third-order valence-electron chi connectivity index (χ3n) is 3.14. The third kappa shape index (κ3) is 6.22. The Kier molecular flexibility index (Phi) is 6.89. The van der Waals surface area contributed by atoms with Gasteiger partial charge in [0.05, 0.1) is 6.42 Å². The first kappa shape index (κ1) is 17.8. The number of thiocarbonyl (C=S) groups is 1. The van der Waals surface area contributed by atoms with E-state index in [9.17, 15) is 4.79 Å². The van der Waals surface area contributed by atoms with Gasteiger partial charge in [-0.15, -0.1) is 11.8 Å². The summed E-state index contributed by atoms with van der Waals surface area (Å²) in [6.45, 7) is 0.578. The van der Waals surface area contributed by atoms with Crippen LogP contribution < -0.4 is 10.6 Å². The molecule has 2 aromatic rings.